The average molecular weight is 263 g/mol. The third-order valence-electron chi connectivity index (χ3n) is 2.80. The predicted octanol–water partition coefficient (Wildman–Crippen LogP) is 3.81. The van der Waals surface area contributed by atoms with Crippen molar-refractivity contribution in [3.8, 4) is 0 Å². The normalized spacial score (nSPS) is 10.8. The van der Waals surface area contributed by atoms with Gasteiger partial charge in [-0.25, -0.2) is 13.8 Å². The molecular formula is C14H15F2N3. The quantitative estimate of drug-likeness (QED) is 0.885. The fourth-order valence-corrected chi connectivity index (χ4v) is 1.66. The van der Waals surface area contributed by atoms with Crippen molar-refractivity contribution in [2.45, 2.75) is 19.8 Å². The highest BCUT2D eigenvalue weighted by molar-refractivity contribution is 5.58. The van der Waals surface area contributed by atoms with Crippen molar-refractivity contribution in [3.05, 3.63) is 47.5 Å². The summed E-state index contributed by atoms with van der Waals surface area (Å²) < 4.78 is 26.5. The lowest BCUT2D eigenvalue weighted by Gasteiger charge is -2.10. The van der Waals surface area contributed by atoms with E-state index in [1.165, 1.54) is 5.56 Å². The number of hydrogen-bond donors (Lipinski definition) is 2. The lowest BCUT2D eigenvalue weighted by atomic mass is 10.0. The van der Waals surface area contributed by atoms with Gasteiger partial charge < -0.3 is 11.1 Å². The van der Waals surface area contributed by atoms with Crippen molar-refractivity contribution in [1.82, 2.24) is 4.98 Å². The van der Waals surface area contributed by atoms with Crippen LogP contribution in [0.5, 0.6) is 0 Å². The first-order chi connectivity index (χ1) is 8.97. The van der Waals surface area contributed by atoms with Crippen LogP contribution < -0.4 is 11.1 Å². The van der Waals surface area contributed by atoms with Crippen LogP contribution in [0.1, 0.15) is 25.3 Å². The fraction of sp³-hybridized carbons (Fsp3) is 0.214. The summed E-state index contributed by atoms with van der Waals surface area (Å²) >= 11 is 0. The Morgan fingerprint density at radius 2 is 1.74 bits per heavy atom. The first-order valence-electron chi connectivity index (χ1n) is 5.96. The standard InChI is InChI=1S/C14H15F2N3/c1-8(2)9-3-5-10(6-4-9)18-14-12(16)7-11(15)13(17)19-14/h3-8H,1-2H3,(H3,17,18,19). The maximum atomic E-state index is 13.5. The number of halogens is 2. The largest absolute Gasteiger partial charge is 0.381 e. The Balaban J connectivity index is 2.24. The van der Waals surface area contributed by atoms with Crippen LogP contribution in [0.4, 0.5) is 26.1 Å². The minimum atomic E-state index is -0.863. The number of benzene rings is 1. The number of pyridine rings is 1. The molecular weight excluding hydrogens is 248 g/mol. The predicted molar refractivity (Wildman–Crippen MR) is 72.4 cm³/mol. The maximum Gasteiger partial charge on any atom is 0.169 e. The van der Waals surface area contributed by atoms with Gasteiger partial charge in [0.05, 0.1) is 0 Å². The summed E-state index contributed by atoms with van der Waals surface area (Å²) in [5.41, 5.74) is 7.16. The van der Waals surface area contributed by atoms with Gasteiger partial charge in [0.15, 0.2) is 23.3 Å². The summed E-state index contributed by atoms with van der Waals surface area (Å²) in [6.45, 7) is 4.18. The monoisotopic (exact) mass is 263 g/mol. The van der Waals surface area contributed by atoms with Crippen LogP contribution in [0, 0.1) is 11.6 Å². The van der Waals surface area contributed by atoms with Gasteiger partial charge in [-0.1, -0.05) is 26.0 Å². The van der Waals surface area contributed by atoms with E-state index in [0.717, 1.165) is 0 Å². The second-order valence-corrected chi connectivity index (χ2v) is 4.59. The summed E-state index contributed by atoms with van der Waals surface area (Å²) in [5, 5.41) is 2.77. The zero-order valence-electron chi connectivity index (χ0n) is 10.7. The lowest BCUT2D eigenvalue weighted by Crippen LogP contribution is -2.03. The van der Waals surface area contributed by atoms with E-state index in [1.54, 1.807) is 0 Å². The smallest absolute Gasteiger partial charge is 0.169 e. The minimum Gasteiger partial charge on any atom is -0.381 e. The molecule has 0 aliphatic rings. The Bertz CT molecular complexity index is 580. The Hall–Kier alpha value is -2.17. The van der Waals surface area contributed by atoms with Crippen molar-refractivity contribution >= 4 is 17.3 Å². The van der Waals surface area contributed by atoms with Crippen molar-refractivity contribution in [3.63, 3.8) is 0 Å². The third-order valence-corrected chi connectivity index (χ3v) is 2.80. The van der Waals surface area contributed by atoms with Crippen LogP contribution >= 0.6 is 0 Å². The Labute approximate surface area is 110 Å². The number of rotatable bonds is 3. The number of nitrogens with one attached hydrogen (secondary N) is 1. The molecule has 0 unspecified atom stereocenters. The molecule has 19 heavy (non-hydrogen) atoms. The first-order valence-corrected chi connectivity index (χ1v) is 5.96. The van der Waals surface area contributed by atoms with Gasteiger partial charge in [-0.05, 0) is 23.6 Å². The summed E-state index contributed by atoms with van der Waals surface area (Å²) in [4.78, 5) is 3.64. The molecule has 2 rings (SSSR count). The molecule has 0 amide bonds. The number of nitrogens with zero attached hydrogens (tertiary/aromatic N) is 1. The van der Waals surface area contributed by atoms with E-state index in [-0.39, 0.29) is 11.6 Å². The second kappa shape index (κ2) is 5.22. The Morgan fingerprint density at radius 1 is 1.11 bits per heavy atom. The van der Waals surface area contributed by atoms with Crippen LogP contribution in [0.3, 0.4) is 0 Å². The van der Waals surface area contributed by atoms with Crippen LogP contribution in [-0.4, -0.2) is 4.98 Å². The molecule has 0 aliphatic carbocycles. The molecule has 1 aromatic carbocycles. The molecule has 0 saturated carbocycles. The molecule has 0 fully saturated rings. The summed E-state index contributed by atoms with van der Waals surface area (Å²) in [6.07, 6.45) is 0. The third kappa shape index (κ3) is 2.99. The highest BCUT2D eigenvalue weighted by Crippen LogP contribution is 2.23. The minimum absolute atomic E-state index is 0.0869. The molecule has 0 spiro atoms. The van der Waals surface area contributed by atoms with Crippen molar-refractivity contribution < 1.29 is 8.78 Å². The topological polar surface area (TPSA) is 50.9 Å². The molecule has 0 saturated heterocycles. The Kier molecular flexibility index (Phi) is 3.64. The Morgan fingerprint density at radius 3 is 2.32 bits per heavy atom. The van der Waals surface area contributed by atoms with Gasteiger partial charge >= 0.3 is 0 Å². The zero-order valence-corrected chi connectivity index (χ0v) is 10.7. The molecule has 0 radical (unpaired) electrons. The van der Waals surface area contributed by atoms with Crippen LogP contribution in [0.15, 0.2) is 30.3 Å². The molecule has 5 heteroatoms. The van der Waals surface area contributed by atoms with E-state index < -0.39 is 11.6 Å². The SMILES string of the molecule is CC(C)c1ccc(Nc2nc(N)c(F)cc2F)cc1. The van der Waals surface area contributed by atoms with Gasteiger partial charge in [0.25, 0.3) is 0 Å². The van der Waals surface area contributed by atoms with Crippen LogP contribution in [0.2, 0.25) is 0 Å². The van der Waals surface area contributed by atoms with E-state index >= 15 is 0 Å². The van der Waals surface area contributed by atoms with E-state index in [1.807, 2.05) is 24.3 Å². The van der Waals surface area contributed by atoms with Crippen LogP contribution in [0.25, 0.3) is 0 Å². The molecule has 0 bridgehead atoms. The zero-order chi connectivity index (χ0) is 14.0. The highest BCUT2D eigenvalue weighted by Gasteiger charge is 2.10. The number of anilines is 3. The molecule has 1 aromatic heterocycles. The molecule has 0 aliphatic heterocycles. The van der Waals surface area contributed by atoms with Gasteiger partial charge in [0, 0.05) is 11.8 Å². The number of nitrogen functional groups attached to an aromatic ring is 1. The molecule has 2 aromatic rings. The van der Waals surface area contributed by atoms with Crippen molar-refractivity contribution in [2.24, 2.45) is 0 Å². The fourth-order valence-electron chi connectivity index (χ4n) is 1.66. The van der Waals surface area contributed by atoms with Gasteiger partial charge in [-0.2, -0.15) is 0 Å². The number of aromatic nitrogens is 1. The van der Waals surface area contributed by atoms with Crippen LogP contribution in [-0.2, 0) is 0 Å². The average Bonchev–Trinajstić information content (AvgIpc) is 2.36. The van der Waals surface area contributed by atoms with Gasteiger partial charge in [0.2, 0.25) is 0 Å². The van der Waals surface area contributed by atoms with E-state index in [4.69, 9.17) is 5.73 Å². The van der Waals surface area contributed by atoms with Gasteiger partial charge in [-0.3, -0.25) is 0 Å². The van der Waals surface area contributed by atoms with Crippen molar-refractivity contribution in [2.75, 3.05) is 11.1 Å². The van der Waals surface area contributed by atoms with E-state index in [2.05, 4.69) is 24.1 Å². The van der Waals surface area contributed by atoms with E-state index in [9.17, 15) is 8.78 Å². The summed E-state index contributed by atoms with van der Waals surface area (Å²) in [5.74, 6) is -1.64. The summed E-state index contributed by atoms with van der Waals surface area (Å²) in [7, 11) is 0. The van der Waals surface area contributed by atoms with Gasteiger partial charge in [0.1, 0.15) is 0 Å². The molecule has 1 heterocycles. The number of nitrogens with two attached hydrogens (primary N) is 1. The molecule has 0 atom stereocenters. The van der Waals surface area contributed by atoms with Crippen molar-refractivity contribution in [1.29, 1.82) is 0 Å². The lowest BCUT2D eigenvalue weighted by molar-refractivity contribution is 0.581. The van der Waals surface area contributed by atoms with E-state index in [0.29, 0.717) is 17.7 Å². The second-order valence-electron chi connectivity index (χ2n) is 4.59. The van der Waals surface area contributed by atoms with Gasteiger partial charge in [-0.15, -0.1) is 0 Å². The highest BCUT2D eigenvalue weighted by atomic mass is 19.1. The first kappa shape index (κ1) is 13.3. The molecule has 3 nitrogen and oxygen atoms in total. The molecule has 100 valence electrons. The molecule has 3 N–H and O–H groups in total. The summed E-state index contributed by atoms with van der Waals surface area (Å²) in [6, 6.07) is 8.23. The number of hydrogen-bond acceptors (Lipinski definition) is 3. The maximum absolute atomic E-state index is 13.5.